The van der Waals surface area contributed by atoms with Gasteiger partial charge in [0.05, 0.1) is 5.56 Å². The Morgan fingerprint density at radius 2 is 2.11 bits per heavy atom. The first kappa shape index (κ1) is 13.7. The summed E-state index contributed by atoms with van der Waals surface area (Å²) in [4.78, 5) is 18.2. The number of hydrogen-bond donors (Lipinski definition) is 0. The first-order chi connectivity index (χ1) is 9.08. The van der Waals surface area contributed by atoms with Crippen LogP contribution in [0.4, 0.5) is 0 Å². The molecule has 1 aromatic heterocycles. The summed E-state index contributed by atoms with van der Waals surface area (Å²) in [5, 5.41) is 0. The fourth-order valence-corrected chi connectivity index (χ4v) is 2.34. The van der Waals surface area contributed by atoms with Crippen molar-refractivity contribution in [2.75, 3.05) is 7.05 Å². The average Bonchev–Trinajstić information content (AvgIpc) is 2.38. The minimum atomic E-state index is -0.00873. The lowest BCUT2D eigenvalue weighted by atomic mass is 10.1. The minimum Gasteiger partial charge on any atom is -0.337 e. The lowest BCUT2D eigenvalue weighted by Gasteiger charge is -2.18. The number of carbonyl (C=O) groups excluding carboxylic acids is 1. The topological polar surface area (TPSA) is 33.2 Å². The standard InChI is InChI=1S/C15H15BrN2O/c1-11-14(7-4-8-17-11)15(19)18(2)10-12-5-3-6-13(16)9-12/h3-9H,10H2,1-2H3. The molecule has 0 spiro atoms. The van der Waals surface area contributed by atoms with E-state index in [1.165, 1.54) is 0 Å². The highest BCUT2D eigenvalue weighted by molar-refractivity contribution is 9.10. The Hall–Kier alpha value is -1.68. The highest BCUT2D eigenvalue weighted by Crippen LogP contribution is 2.14. The van der Waals surface area contributed by atoms with E-state index >= 15 is 0 Å². The van der Waals surface area contributed by atoms with Crippen LogP contribution >= 0.6 is 15.9 Å². The lowest BCUT2D eigenvalue weighted by molar-refractivity contribution is 0.0784. The predicted octanol–water partition coefficient (Wildman–Crippen LogP) is 3.42. The molecule has 19 heavy (non-hydrogen) atoms. The highest BCUT2D eigenvalue weighted by atomic mass is 79.9. The number of aromatic nitrogens is 1. The number of pyridine rings is 1. The molecule has 4 heteroatoms. The van der Waals surface area contributed by atoms with Crippen LogP contribution in [0.5, 0.6) is 0 Å². The van der Waals surface area contributed by atoms with E-state index in [0.29, 0.717) is 12.1 Å². The molecule has 2 rings (SSSR count). The Morgan fingerprint density at radius 1 is 1.32 bits per heavy atom. The summed E-state index contributed by atoms with van der Waals surface area (Å²) >= 11 is 3.43. The third kappa shape index (κ3) is 3.41. The van der Waals surface area contributed by atoms with E-state index in [1.54, 1.807) is 24.2 Å². The number of amides is 1. The molecule has 1 aromatic carbocycles. The van der Waals surface area contributed by atoms with Crippen molar-refractivity contribution in [2.24, 2.45) is 0 Å². The normalized spacial score (nSPS) is 10.3. The van der Waals surface area contributed by atoms with E-state index in [2.05, 4.69) is 20.9 Å². The summed E-state index contributed by atoms with van der Waals surface area (Å²) in [7, 11) is 1.80. The van der Waals surface area contributed by atoms with Crippen LogP contribution in [0, 0.1) is 6.92 Å². The van der Waals surface area contributed by atoms with Gasteiger partial charge in [0.2, 0.25) is 0 Å². The Bertz CT molecular complexity index is 598. The summed E-state index contributed by atoms with van der Waals surface area (Å²) < 4.78 is 1.02. The summed E-state index contributed by atoms with van der Waals surface area (Å²) in [6, 6.07) is 11.5. The van der Waals surface area contributed by atoms with Crippen molar-refractivity contribution in [3.8, 4) is 0 Å². The first-order valence-corrected chi connectivity index (χ1v) is 6.79. The molecule has 0 saturated carbocycles. The van der Waals surface area contributed by atoms with Gasteiger partial charge in [-0.2, -0.15) is 0 Å². The average molecular weight is 319 g/mol. The van der Waals surface area contributed by atoms with E-state index in [9.17, 15) is 4.79 Å². The van der Waals surface area contributed by atoms with Gasteiger partial charge in [-0.25, -0.2) is 0 Å². The Morgan fingerprint density at radius 3 is 2.79 bits per heavy atom. The predicted molar refractivity (Wildman–Crippen MR) is 78.9 cm³/mol. The molecule has 0 saturated heterocycles. The molecular formula is C15H15BrN2O. The van der Waals surface area contributed by atoms with E-state index < -0.39 is 0 Å². The van der Waals surface area contributed by atoms with Crippen molar-refractivity contribution in [1.82, 2.24) is 9.88 Å². The van der Waals surface area contributed by atoms with Gasteiger partial charge in [-0.3, -0.25) is 9.78 Å². The summed E-state index contributed by atoms with van der Waals surface area (Å²) in [5.74, 6) is -0.00873. The zero-order valence-electron chi connectivity index (χ0n) is 10.9. The molecule has 0 atom stereocenters. The number of aryl methyl sites for hydroxylation is 1. The van der Waals surface area contributed by atoms with Crippen molar-refractivity contribution in [3.05, 3.63) is 63.9 Å². The van der Waals surface area contributed by atoms with Crippen LogP contribution < -0.4 is 0 Å². The van der Waals surface area contributed by atoms with Gasteiger partial charge in [-0.1, -0.05) is 28.1 Å². The Labute approximate surface area is 121 Å². The molecule has 0 N–H and O–H groups in total. The second-order valence-corrected chi connectivity index (χ2v) is 5.34. The third-order valence-corrected chi connectivity index (χ3v) is 3.39. The molecule has 3 nitrogen and oxygen atoms in total. The lowest BCUT2D eigenvalue weighted by Crippen LogP contribution is -2.27. The SMILES string of the molecule is Cc1ncccc1C(=O)N(C)Cc1cccc(Br)c1. The molecule has 1 amide bonds. The molecule has 2 aromatic rings. The van der Waals surface area contributed by atoms with Crippen molar-refractivity contribution in [3.63, 3.8) is 0 Å². The molecule has 0 aliphatic heterocycles. The molecule has 0 fully saturated rings. The summed E-state index contributed by atoms with van der Waals surface area (Å²) in [6.45, 7) is 2.42. The van der Waals surface area contributed by atoms with Gasteiger partial charge >= 0.3 is 0 Å². The number of hydrogen-bond acceptors (Lipinski definition) is 2. The highest BCUT2D eigenvalue weighted by Gasteiger charge is 2.14. The van der Waals surface area contributed by atoms with Crippen LogP contribution in [-0.4, -0.2) is 22.8 Å². The second-order valence-electron chi connectivity index (χ2n) is 4.43. The van der Waals surface area contributed by atoms with Crippen LogP contribution in [0.2, 0.25) is 0 Å². The van der Waals surface area contributed by atoms with Gasteiger partial charge in [0.15, 0.2) is 0 Å². The third-order valence-electron chi connectivity index (χ3n) is 2.89. The smallest absolute Gasteiger partial charge is 0.255 e. The van der Waals surface area contributed by atoms with Crippen LogP contribution in [0.25, 0.3) is 0 Å². The Balaban J connectivity index is 2.14. The molecule has 0 unspecified atom stereocenters. The van der Waals surface area contributed by atoms with E-state index in [1.807, 2.05) is 37.3 Å². The Kier molecular flexibility index (Phi) is 4.32. The molecule has 1 heterocycles. The zero-order chi connectivity index (χ0) is 13.8. The van der Waals surface area contributed by atoms with Gasteiger partial charge < -0.3 is 4.90 Å². The quantitative estimate of drug-likeness (QED) is 0.868. The summed E-state index contributed by atoms with van der Waals surface area (Å²) in [6.07, 6.45) is 1.69. The number of carbonyl (C=O) groups is 1. The molecule has 0 aliphatic rings. The number of halogens is 1. The largest absolute Gasteiger partial charge is 0.337 e. The molecule has 0 bridgehead atoms. The number of nitrogens with zero attached hydrogens (tertiary/aromatic N) is 2. The monoisotopic (exact) mass is 318 g/mol. The number of rotatable bonds is 3. The minimum absolute atomic E-state index is 0.00873. The van der Waals surface area contributed by atoms with E-state index in [4.69, 9.17) is 0 Å². The first-order valence-electron chi connectivity index (χ1n) is 5.99. The van der Waals surface area contributed by atoms with Crippen molar-refractivity contribution in [2.45, 2.75) is 13.5 Å². The fraction of sp³-hybridized carbons (Fsp3) is 0.200. The molecule has 98 valence electrons. The zero-order valence-corrected chi connectivity index (χ0v) is 12.5. The van der Waals surface area contributed by atoms with E-state index in [-0.39, 0.29) is 5.91 Å². The van der Waals surface area contributed by atoms with E-state index in [0.717, 1.165) is 15.7 Å². The van der Waals surface area contributed by atoms with Crippen LogP contribution in [-0.2, 0) is 6.54 Å². The van der Waals surface area contributed by atoms with Gasteiger partial charge in [0.25, 0.3) is 5.91 Å². The van der Waals surface area contributed by atoms with Gasteiger partial charge in [0.1, 0.15) is 0 Å². The number of benzene rings is 1. The van der Waals surface area contributed by atoms with Crippen LogP contribution in [0.1, 0.15) is 21.6 Å². The van der Waals surface area contributed by atoms with Crippen LogP contribution in [0.3, 0.4) is 0 Å². The van der Waals surface area contributed by atoms with Gasteiger partial charge in [-0.15, -0.1) is 0 Å². The van der Waals surface area contributed by atoms with Gasteiger partial charge in [0, 0.05) is 30.0 Å². The maximum atomic E-state index is 12.3. The summed E-state index contributed by atoms with van der Waals surface area (Å²) in [5.41, 5.74) is 2.50. The fourth-order valence-electron chi connectivity index (χ4n) is 1.90. The molecular weight excluding hydrogens is 304 g/mol. The second kappa shape index (κ2) is 5.97. The molecule has 0 aliphatic carbocycles. The van der Waals surface area contributed by atoms with Gasteiger partial charge in [-0.05, 0) is 36.8 Å². The van der Waals surface area contributed by atoms with Crippen LogP contribution in [0.15, 0.2) is 47.1 Å². The maximum absolute atomic E-state index is 12.3. The molecule has 0 radical (unpaired) electrons. The van der Waals surface area contributed by atoms with Crippen molar-refractivity contribution in [1.29, 1.82) is 0 Å². The maximum Gasteiger partial charge on any atom is 0.255 e. The van der Waals surface area contributed by atoms with Crippen molar-refractivity contribution >= 4 is 21.8 Å². The van der Waals surface area contributed by atoms with Crippen molar-refractivity contribution < 1.29 is 4.79 Å².